The maximum absolute atomic E-state index is 7.20. The van der Waals surface area contributed by atoms with Gasteiger partial charge in [0.05, 0.1) is 0 Å². The molecule has 0 spiro atoms. The Kier molecular flexibility index (Phi) is 4.69. The van der Waals surface area contributed by atoms with E-state index in [0.29, 0.717) is 18.6 Å². The second-order valence-corrected chi connectivity index (χ2v) is 1.77. The van der Waals surface area contributed by atoms with Gasteiger partial charge in [-0.05, 0) is 32.1 Å². The molecule has 50 valence electrons. The molecule has 0 fully saturated rings. The lowest BCUT2D eigenvalue weighted by molar-refractivity contribution is 1.14. The molecule has 2 N–H and O–H groups in total. The van der Waals surface area contributed by atoms with E-state index in [0.717, 1.165) is 0 Å². The molecule has 0 atom stereocenters. The molecule has 0 aliphatic carbocycles. The van der Waals surface area contributed by atoms with Crippen LogP contribution in [0.2, 0.25) is 0 Å². The Morgan fingerprint density at radius 2 is 2.22 bits per heavy atom. The lowest BCUT2D eigenvalue weighted by Crippen LogP contribution is -1.89. The lowest BCUT2D eigenvalue weighted by atomic mass is 10.2. The van der Waals surface area contributed by atoms with Crippen LogP contribution in [0.1, 0.15) is 19.8 Å². The van der Waals surface area contributed by atoms with Crippen LogP contribution in [0.4, 0.5) is 0 Å². The van der Waals surface area contributed by atoms with Gasteiger partial charge in [-0.25, -0.2) is 0 Å². The molecule has 0 heterocycles. The zero-order valence-corrected chi connectivity index (χ0v) is 5.65. The fourth-order valence-electron chi connectivity index (χ4n) is 0.512. The Bertz CT molecular complexity index is 125. The fourth-order valence-corrected chi connectivity index (χ4v) is 0.512. The van der Waals surface area contributed by atoms with Gasteiger partial charge in [0.15, 0.2) is 0 Å². The quantitative estimate of drug-likeness (QED) is 0.539. The first kappa shape index (κ1) is 8.08. The largest absolute Gasteiger partial charge is 0.313 e. The van der Waals surface area contributed by atoms with Gasteiger partial charge in [0.2, 0.25) is 0 Å². The van der Waals surface area contributed by atoms with Crippen molar-refractivity contribution in [3.8, 4) is 0 Å². The van der Waals surface area contributed by atoms with E-state index in [1.54, 1.807) is 6.08 Å². The number of nitrogens with one attached hydrogen (secondary N) is 2. The minimum Gasteiger partial charge on any atom is -0.313 e. The van der Waals surface area contributed by atoms with Crippen molar-refractivity contribution in [2.45, 2.75) is 19.8 Å². The average molecular weight is 124 g/mol. The van der Waals surface area contributed by atoms with Crippen LogP contribution in [0, 0.1) is 10.8 Å². The summed E-state index contributed by atoms with van der Waals surface area (Å²) in [4.78, 5) is 0. The van der Waals surface area contributed by atoms with Crippen molar-refractivity contribution < 1.29 is 0 Å². The molecule has 0 unspecified atom stereocenters. The summed E-state index contributed by atoms with van der Waals surface area (Å²) < 4.78 is 0. The molecule has 0 rings (SSSR count). The standard InChI is InChI=1S/C7H12N2/c1-2-4-7(9)5-3-6-8/h2,4,6,8-9H,3,5H2,1H3/b4-2-,8-6?,9-7?. The highest BCUT2D eigenvalue weighted by Crippen LogP contribution is 1.88. The van der Waals surface area contributed by atoms with Gasteiger partial charge in [0.25, 0.3) is 0 Å². The Morgan fingerprint density at radius 1 is 1.56 bits per heavy atom. The van der Waals surface area contributed by atoms with E-state index in [2.05, 4.69) is 0 Å². The summed E-state index contributed by atoms with van der Waals surface area (Å²) in [6, 6.07) is 0. The Morgan fingerprint density at radius 3 is 2.67 bits per heavy atom. The number of rotatable bonds is 4. The van der Waals surface area contributed by atoms with Gasteiger partial charge < -0.3 is 10.8 Å². The van der Waals surface area contributed by atoms with E-state index in [1.165, 1.54) is 6.21 Å². The topological polar surface area (TPSA) is 47.7 Å². The highest BCUT2D eigenvalue weighted by Gasteiger charge is 1.86. The van der Waals surface area contributed by atoms with Crippen molar-refractivity contribution >= 4 is 11.9 Å². The molecule has 0 saturated carbocycles. The molecule has 2 nitrogen and oxygen atoms in total. The summed E-state index contributed by atoms with van der Waals surface area (Å²) in [6.45, 7) is 1.89. The molecule has 0 aromatic heterocycles. The maximum Gasteiger partial charge on any atom is 0.0314 e. The third kappa shape index (κ3) is 4.94. The second-order valence-electron chi connectivity index (χ2n) is 1.77. The maximum atomic E-state index is 7.20. The van der Waals surface area contributed by atoms with Crippen molar-refractivity contribution in [3.05, 3.63) is 12.2 Å². The van der Waals surface area contributed by atoms with Crippen LogP contribution >= 0.6 is 0 Å². The molecule has 0 aromatic carbocycles. The van der Waals surface area contributed by atoms with E-state index in [1.807, 2.05) is 13.0 Å². The first-order valence-corrected chi connectivity index (χ1v) is 3.00. The summed E-state index contributed by atoms with van der Waals surface area (Å²) in [5.74, 6) is 0. The van der Waals surface area contributed by atoms with Crippen LogP contribution in [-0.2, 0) is 0 Å². The van der Waals surface area contributed by atoms with Crippen LogP contribution in [-0.4, -0.2) is 11.9 Å². The van der Waals surface area contributed by atoms with Gasteiger partial charge in [-0.2, -0.15) is 0 Å². The number of allylic oxidation sites excluding steroid dienone is 2. The molecule has 0 amide bonds. The van der Waals surface area contributed by atoms with E-state index in [-0.39, 0.29) is 0 Å². The molecule has 0 radical (unpaired) electrons. The molecular formula is C7H12N2. The zero-order chi connectivity index (χ0) is 7.11. The average Bonchev–Trinajstić information content (AvgIpc) is 1.85. The SMILES string of the molecule is C/C=C\C(=N)CCC=N. The van der Waals surface area contributed by atoms with Crippen molar-refractivity contribution in [2.75, 3.05) is 0 Å². The van der Waals surface area contributed by atoms with Crippen LogP contribution in [0.15, 0.2) is 12.2 Å². The smallest absolute Gasteiger partial charge is 0.0314 e. The van der Waals surface area contributed by atoms with E-state index >= 15 is 0 Å². The summed E-state index contributed by atoms with van der Waals surface area (Å²) in [5, 5.41) is 13.9. The molecular weight excluding hydrogens is 112 g/mol. The van der Waals surface area contributed by atoms with Gasteiger partial charge in [-0.1, -0.05) is 6.08 Å². The summed E-state index contributed by atoms with van der Waals surface area (Å²) in [5.41, 5.74) is 0.598. The Labute approximate surface area is 55.6 Å². The predicted molar refractivity (Wildman–Crippen MR) is 40.6 cm³/mol. The third-order valence-electron chi connectivity index (χ3n) is 0.926. The first-order chi connectivity index (χ1) is 4.31. The molecule has 0 aliphatic heterocycles. The van der Waals surface area contributed by atoms with Gasteiger partial charge in [-0.3, -0.25) is 0 Å². The summed E-state index contributed by atoms with van der Waals surface area (Å²) in [6.07, 6.45) is 6.30. The van der Waals surface area contributed by atoms with Crippen LogP contribution < -0.4 is 0 Å². The van der Waals surface area contributed by atoms with E-state index in [4.69, 9.17) is 10.8 Å². The lowest BCUT2D eigenvalue weighted by Gasteiger charge is -1.89. The van der Waals surface area contributed by atoms with Crippen molar-refractivity contribution in [2.24, 2.45) is 0 Å². The van der Waals surface area contributed by atoms with E-state index in [9.17, 15) is 0 Å². The number of hydrogen-bond acceptors (Lipinski definition) is 2. The van der Waals surface area contributed by atoms with E-state index < -0.39 is 0 Å². The highest BCUT2D eigenvalue weighted by atomic mass is 14.4. The van der Waals surface area contributed by atoms with Crippen molar-refractivity contribution in [3.63, 3.8) is 0 Å². The monoisotopic (exact) mass is 124 g/mol. The van der Waals surface area contributed by atoms with Crippen LogP contribution in [0.5, 0.6) is 0 Å². The molecule has 0 aromatic rings. The van der Waals surface area contributed by atoms with Gasteiger partial charge >= 0.3 is 0 Å². The second kappa shape index (κ2) is 5.22. The third-order valence-corrected chi connectivity index (χ3v) is 0.926. The van der Waals surface area contributed by atoms with Gasteiger partial charge in [0.1, 0.15) is 0 Å². The highest BCUT2D eigenvalue weighted by molar-refractivity contribution is 5.93. The molecule has 0 aliphatic rings. The molecule has 0 saturated heterocycles. The summed E-state index contributed by atoms with van der Waals surface area (Å²) in [7, 11) is 0. The van der Waals surface area contributed by atoms with Crippen LogP contribution in [0.3, 0.4) is 0 Å². The minimum atomic E-state index is 0.598. The first-order valence-electron chi connectivity index (χ1n) is 3.00. The Hall–Kier alpha value is -0.920. The van der Waals surface area contributed by atoms with Crippen LogP contribution in [0.25, 0.3) is 0 Å². The summed E-state index contributed by atoms with van der Waals surface area (Å²) >= 11 is 0. The minimum absolute atomic E-state index is 0.598. The normalized spacial score (nSPS) is 9.89. The number of hydrogen-bond donors (Lipinski definition) is 2. The van der Waals surface area contributed by atoms with Gasteiger partial charge in [0, 0.05) is 5.71 Å². The van der Waals surface area contributed by atoms with Crippen molar-refractivity contribution in [1.29, 1.82) is 10.8 Å². The predicted octanol–water partition coefficient (Wildman–Crippen LogP) is 2.01. The molecule has 2 heteroatoms. The zero-order valence-electron chi connectivity index (χ0n) is 5.65. The Balaban J connectivity index is 3.38. The van der Waals surface area contributed by atoms with Crippen molar-refractivity contribution in [1.82, 2.24) is 0 Å². The molecule has 9 heavy (non-hydrogen) atoms. The fraction of sp³-hybridized carbons (Fsp3) is 0.429. The van der Waals surface area contributed by atoms with Gasteiger partial charge in [-0.15, -0.1) is 0 Å². The molecule has 0 bridgehead atoms.